The zero-order valence-electron chi connectivity index (χ0n) is 14.2. The van der Waals surface area contributed by atoms with Gasteiger partial charge in [-0.25, -0.2) is 0 Å². The van der Waals surface area contributed by atoms with Crippen LogP contribution in [0.1, 0.15) is 51.9 Å². The summed E-state index contributed by atoms with van der Waals surface area (Å²) < 4.78 is 0. The molecule has 0 aliphatic heterocycles. The van der Waals surface area contributed by atoms with Crippen molar-refractivity contribution in [1.29, 1.82) is 0 Å². The fourth-order valence-corrected chi connectivity index (χ4v) is 2.37. The molecule has 23 heavy (non-hydrogen) atoms. The molecule has 2 N–H and O–H groups in total. The van der Waals surface area contributed by atoms with Crippen molar-refractivity contribution in [3.8, 4) is 11.1 Å². The Hall–Kier alpha value is -1.64. The van der Waals surface area contributed by atoms with Gasteiger partial charge < -0.3 is 10.2 Å². The average molecular weight is 314 g/mol. The summed E-state index contributed by atoms with van der Waals surface area (Å²) in [4.78, 5) is 0. The number of rotatable bonds is 8. The van der Waals surface area contributed by atoms with Crippen molar-refractivity contribution in [2.75, 3.05) is 0 Å². The summed E-state index contributed by atoms with van der Waals surface area (Å²) in [7, 11) is 0. The Kier molecular flexibility index (Phi) is 10.9. The smallest absolute Gasteiger partial charge is 0.151 e. The molecule has 0 aliphatic carbocycles. The Morgan fingerprint density at radius 3 is 1.52 bits per heavy atom. The molecule has 0 radical (unpaired) electrons. The Bertz CT molecular complexity index is 442. The number of unbranched alkanes of at least 4 members (excludes halogenated alkanes) is 5. The lowest BCUT2D eigenvalue weighted by Gasteiger charge is -2.02. The van der Waals surface area contributed by atoms with Gasteiger partial charge in [0.05, 0.1) is 0 Å². The quantitative estimate of drug-likeness (QED) is 0.506. The van der Waals surface area contributed by atoms with Crippen molar-refractivity contribution in [3.63, 3.8) is 0 Å². The van der Waals surface area contributed by atoms with Gasteiger partial charge in [-0.15, -0.1) is 0 Å². The first-order valence-corrected chi connectivity index (χ1v) is 8.70. The summed E-state index contributed by atoms with van der Waals surface area (Å²) in [5.74, 6) is 0. The molecule has 0 aliphatic rings. The summed E-state index contributed by atoms with van der Waals surface area (Å²) in [5, 5.41) is 17.0. The number of benzene rings is 2. The molecule has 0 unspecified atom stereocenters. The van der Waals surface area contributed by atoms with E-state index in [1.807, 2.05) is 12.1 Å². The summed E-state index contributed by atoms with van der Waals surface area (Å²) in [6.07, 6.45) is 6.62. The van der Waals surface area contributed by atoms with Gasteiger partial charge in [0.25, 0.3) is 0 Å². The van der Waals surface area contributed by atoms with Crippen LogP contribution < -0.4 is 0 Å². The summed E-state index contributed by atoms with van der Waals surface area (Å²) >= 11 is 0. The average Bonchev–Trinajstić information content (AvgIpc) is 2.60. The minimum Gasteiger partial charge on any atom is -0.368 e. The molecule has 0 heterocycles. The maximum absolute atomic E-state index is 8.51. The van der Waals surface area contributed by atoms with E-state index in [0.29, 0.717) is 6.42 Å². The molecular formula is C21H30O2. The van der Waals surface area contributed by atoms with Crippen LogP contribution >= 0.6 is 0 Å². The number of aliphatic hydroxyl groups excluding tert-OH is 1. The van der Waals surface area contributed by atoms with Crippen LogP contribution in [0.2, 0.25) is 0 Å². The third kappa shape index (κ3) is 9.88. The molecule has 0 fully saturated rings. The molecule has 2 aromatic carbocycles. The Morgan fingerprint density at radius 2 is 1.09 bits per heavy atom. The van der Waals surface area contributed by atoms with Crippen LogP contribution in [0.15, 0.2) is 60.7 Å². The van der Waals surface area contributed by atoms with Gasteiger partial charge in [0.15, 0.2) is 6.29 Å². The monoisotopic (exact) mass is 314 g/mol. The number of hydrogen-bond donors (Lipinski definition) is 2. The second-order valence-corrected chi connectivity index (χ2v) is 5.77. The Balaban J connectivity index is 0.000000232. The first-order chi connectivity index (χ1) is 11.2. The highest BCUT2D eigenvalue weighted by atomic mass is 16.5. The second-order valence-electron chi connectivity index (χ2n) is 5.77. The Morgan fingerprint density at radius 1 is 0.652 bits per heavy atom. The maximum Gasteiger partial charge on any atom is 0.151 e. The highest BCUT2D eigenvalue weighted by Gasteiger charge is 1.96. The molecule has 0 aromatic heterocycles. The first-order valence-electron chi connectivity index (χ1n) is 8.70. The van der Waals surface area contributed by atoms with E-state index in [2.05, 4.69) is 55.5 Å². The predicted molar refractivity (Wildman–Crippen MR) is 98.1 cm³/mol. The van der Waals surface area contributed by atoms with Gasteiger partial charge in [0.1, 0.15) is 0 Å². The van der Waals surface area contributed by atoms with Crippen LogP contribution in [0.4, 0.5) is 0 Å². The second kappa shape index (κ2) is 12.9. The summed E-state index contributed by atoms with van der Waals surface area (Å²) in [6.45, 7) is 2.19. The molecule has 2 heteroatoms. The van der Waals surface area contributed by atoms with Crippen LogP contribution in [0, 0.1) is 0 Å². The van der Waals surface area contributed by atoms with E-state index in [9.17, 15) is 0 Å². The standard InChI is InChI=1S/C12H10.C9H20O2/c1-3-7-11(8-4-1)12-9-5-2-6-10-12;1-2-3-4-5-6-7-8-9(10)11/h1-10H;9-11H,2-8H2,1H3. The molecule has 0 saturated carbocycles. The summed E-state index contributed by atoms with van der Waals surface area (Å²) in [5.41, 5.74) is 2.55. The van der Waals surface area contributed by atoms with Crippen LogP contribution in [0.3, 0.4) is 0 Å². The fourth-order valence-electron chi connectivity index (χ4n) is 2.37. The zero-order valence-corrected chi connectivity index (χ0v) is 14.2. The molecule has 0 saturated heterocycles. The SMILES string of the molecule is CCCCCCCCC(O)O.c1ccc(-c2ccccc2)cc1. The molecule has 126 valence electrons. The third-order valence-electron chi connectivity index (χ3n) is 3.70. The van der Waals surface area contributed by atoms with Gasteiger partial charge >= 0.3 is 0 Å². The van der Waals surface area contributed by atoms with Crippen molar-refractivity contribution in [3.05, 3.63) is 60.7 Å². The van der Waals surface area contributed by atoms with E-state index < -0.39 is 6.29 Å². The molecule has 2 rings (SSSR count). The number of aliphatic hydroxyl groups is 2. The van der Waals surface area contributed by atoms with Crippen LogP contribution in [0.5, 0.6) is 0 Å². The van der Waals surface area contributed by atoms with E-state index >= 15 is 0 Å². The highest BCUT2D eigenvalue weighted by Crippen LogP contribution is 2.17. The lowest BCUT2D eigenvalue weighted by atomic mass is 10.1. The third-order valence-corrected chi connectivity index (χ3v) is 3.70. The minimum absolute atomic E-state index is 0.534. The minimum atomic E-state index is -1.10. The van der Waals surface area contributed by atoms with Crippen LogP contribution in [0.25, 0.3) is 11.1 Å². The molecular weight excluding hydrogens is 284 g/mol. The van der Waals surface area contributed by atoms with Gasteiger partial charge in [-0.2, -0.15) is 0 Å². The zero-order chi connectivity index (χ0) is 16.8. The van der Waals surface area contributed by atoms with Crippen LogP contribution in [-0.4, -0.2) is 16.5 Å². The van der Waals surface area contributed by atoms with E-state index in [-0.39, 0.29) is 0 Å². The topological polar surface area (TPSA) is 40.5 Å². The van der Waals surface area contributed by atoms with Gasteiger partial charge in [-0.3, -0.25) is 0 Å². The number of hydrogen-bond acceptors (Lipinski definition) is 2. The lowest BCUT2D eigenvalue weighted by molar-refractivity contribution is -0.0466. The largest absolute Gasteiger partial charge is 0.368 e. The van der Waals surface area contributed by atoms with E-state index in [1.165, 1.54) is 36.8 Å². The van der Waals surface area contributed by atoms with Crippen LogP contribution in [-0.2, 0) is 0 Å². The normalized spacial score (nSPS) is 10.3. The van der Waals surface area contributed by atoms with Crippen molar-refractivity contribution < 1.29 is 10.2 Å². The van der Waals surface area contributed by atoms with Gasteiger partial charge in [-0.1, -0.05) is 99.7 Å². The first kappa shape index (κ1) is 19.4. The predicted octanol–water partition coefficient (Wildman–Crippen LogP) is 5.40. The molecule has 0 spiro atoms. The van der Waals surface area contributed by atoms with Crippen molar-refractivity contribution in [2.45, 2.75) is 58.2 Å². The van der Waals surface area contributed by atoms with Gasteiger partial charge in [-0.05, 0) is 24.0 Å². The lowest BCUT2D eigenvalue weighted by Crippen LogP contribution is -2.02. The van der Waals surface area contributed by atoms with Crippen molar-refractivity contribution in [2.24, 2.45) is 0 Å². The maximum atomic E-state index is 8.51. The molecule has 2 aromatic rings. The summed E-state index contributed by atoms with van der Waals surface area (Å²) in [6, 6.07) is 20.8. The molecule has 0 amide bonds. The fraction of sp³-hybridized carbons (Fsp3) is 0.429. The molecule has 2 nitrogen and oxygen atoms in total. The Labute approximate surface area is 140 Å². The highest BCUT2D eigenvalue weighted by molar-refractivity contribution is 5.62. The molecule has 0 bridgehead atoms. The van der Waals surface area contributed by atoms with Gasteiger partial charge in [0.2, 0.25) is 0 Å². The van der Waals surface area contributed by atoms with E-state index in [4.69, 9.17) is 10.2 Å². The van der Waals surface area contributed by atoms with Crippen molar-refractivity contribution in [1.82, 2.24) is 0 Å². The molecule has 0 atom stereocenters. The van der Waals surface area contributed by atoms with E-state index in [1.54, 1.807) is 0 Å². The van der Waals surface area contributed by atoms with Gasteiger partial charge in [0, 0.05) is 0 Å². The van der Waals surface area contributed by atoms with E-state index in [0.717, 1.165) is 12.8 Å². The van der Waals surface area contributed by atoms with Crippen molar-refractivity contribution >= 4 is 0 Å².